The normalized spacial score (nSPS) is 17.6. The summed E-state index contributed by atoms with van der Waals surface area (Å²) in [6.07, 6.45) is -1.19. The number of aromatic nitrogens is 2. The van der Waals surface area contributed by atoms with Crippen LogP contribution < -0.4 is 0 Å². The number of rotatable bonds is 5. The number of carbonyl (C=O) groups excluding carboxylic acids is 2. The first-order valence-electron chi connectivity index (χ1n) is 12.5. The number of fused-ring (bicyclic) bond motifs is 1. The van der Waals surface area contributed by atoms with Gasteiger partial charge in [0.15, 0.2) is 5.17 Å². The molecule has 40 heavy (non-hydrogen) atoms. The summed E-state index contributed by atoms with van der Waals surface area (Å²) in [4.78, 5) is 35.1. The number of aliphatic imine (C=N–C) groups is 1. The second kappa shape index (κ2) is 11.3. The van der Waals surface area contributed by atoms with Crippen LogP contribution in [0.3, 0.4) is 0 Å². The van der Waals surface area contributed by atoms with E-state index in [0.717, 1.165) is 17.0 Å². The monoisotopic (exact) mass is 590 g/mol. The first kappa shape index (κ1) is 28.2. The molecular formula is C27H26ClF3N6O2S. The molecule has 2 aliphatic rings. The largest absolute Gasteiger partial charge is 0.416 e. The summed E-state index contributed by atoms with van der Waals surface area (Å²) in [6.45, 7) is 3.04. The van der Waals surface area contributed by atoms with Crippen molar-refractivity contribution < 1.29 is 22.8 Å². The Hall–Kier alpha value is -3.35. The van der Waals surface area contributed by atoms with Crippen LogP contribution in [0.4, 0.5) is 13.2 Å². The van der Waals surface area contributed by atoms with Gasteiger partial charge in [-0.25, -0.2) is 0 Å². The van der Waals surface area contributed by atoms with Gasteiger partial charge in [-0.1, -0.05) is 23.7 Å². The number of hydrogen-bond donors (Lipinski definition) is 0. The van der Waals surface area contributed by atoms with Gasteiger partial charge in [-0.15, -0.1) is 0 Å². The van der Waals surface area contributed by atoms with Crippen LogP contribution in [-0.2, 0) is 22.3 Å². The van der Waals surface area contributed by atoms with Crippen LogP contribution in [0.1, 0.15) is 16.7 Å². The Kier molecular flexibility index (Phi) is 7.94. The van der Waals surface area contributed by atoms with Gasteiger partial charge in [0, 0.05) is 50.7 Å². The van der Waals surface area contributed by atoms with Crippen molar-refractivity contribution in [2.75, 3.05) is 46.8 Å². The molecule has 1 aromatic heterocycles. The Bertz CT molecular complexity index is 1530. The first-order chi connectivity index (χ1) is 19.0. The molecule has 1 fully saturated rings. The van der Waals surface area contributed by atoms with Gasteiger partial charge < -0.3 is 9.80 Å². The van der Waals surface area contributed by atoms with Crippen molar-refractivity contribution in [2.24, 2.45) is 4.99 Å². The van der Waals surface area contributed by atoms with Gasteiger partial charge in [0.1, 0.15) is 0 Å². The predicted octanol–water partition coefficient (Wildman–Crippen LogP) is 4.43. The van der Waals surface area contributed by atoms with E-state index >= 15 is 0 Å². The molecular weight excluding hydrogens is 565 g/mol. The minimum Gasteiger partial charge on any atom is -0.348 e. The highest BCUT2D eigenvalue weighted by atomic mass is 35.5. The Morgan fingerprint density at radius 3 is 2.58 bits per heavy atom. The highest BCUT2D eigenvalue weighted by Gasteiger charge is 2.34. The Balaban J connectivity index is 1.26. The molecule has 210 valence electrons. The zero-order valence-corrected chi connectivity index (χ0v) is 23.4. The summed E-state index contributed by atoms with van der Waals surface area (Å²) in [6, 6.07) is 9.13. The van der Waals surface area contributed by atoms with E-state index in [1.165, 1.54) is 28.6 Å². The molecule has 0 atom stereocenters. The van der Waals surface area contributed by atoms with Crippen molar-refractivity contribution >= 4 is 57.3 Å². The maximum atomic E-state index is 13.5. The van der Waals surface area contributed by atoms with E-state index < -0.39 is 11.7 Å². The number of alkyl halides is 3. The molecule has 13 heteroatoms. The maximum Gasteiger partial charge on any atom is 0.416 e. The quantitative estimate of drug-likeness (QED) is 0.409. The van der Waals surface area contributed by atoms with E-state index in [2.05, 4.69) is 19.9 Å². The van der Waals surface area contributed by atoms with Crippen LogP contribution in [0.2, 0.25) is 5.02 Å². The van der Waals surface area contributed by atoms with E-state index in [1.807, 2.05) is 6.07 Å². The lowest BCUT2D eigenvalue weighted by Crippen LogP contribution is -2.50. The van der Waals surface area contributed by atoms with E-state index in [-0.39, 0.29) is 28.9 Å². The van der Waals surface area contributed by atoms with Crippen molar-refractivity contribution in [3.8, 4) is 0 Å². The second-order valence-corrected chi connectivity index (χ2v) is 11.2. The summed E-state index contributed by atoms with van der Waals surface area (Å²) in [5.74, 6) is -0.261. The first-order valence-corrected chi connectivity index (χ1v) is 13.7. The predicted molar refractivity (Wildman–Crippen MR) is 150 cm³/mol. The number of amidine groups is 1. The molecule has 0 bridgehead atoms. The van der Waals surface area contributed by atoms with Crippen LogP contribution in [0.5, 0.6) is 0 Å². The molecule has 3 heterocycles. The molecule has 0 radical (unpaired) electrons. The standard InChI is InChI=1S/C27H26ClF3N6O2S/c1-34(2)24(38)16-35-7-9-36(10-8-35)26-33-25(39)23(40-26)12-17-3-6-22-19(11-17)14-32-37(22)15-18-4-5-20(28)13-21(18)27(29,30)31/h3-6,11-14H,7-10,15-16H2,1-2H3. The van der Waals surface area contributed by atoms with Gasteiger partial charge in [0.05, 0.1) is 35.3 Å². The number of benzene rings is 2. The van der Waals surface area contributed by atoms with Gasteiger partial charge in [-0.3, -0.25) is 19.2 Å². The summed E-state index contributed by atoms with van der Waals surface area (Å²) in [5.41, 5.74) is 0.698. The van der Waals surface area contributed by atoms with Crippen molar-refractivity contribution in [1.82, 2.24) is 24.5 Å². The minimum absolute atomic E-state index is 0.0179. The number of nitrogens with zero attached hydrogens (tertiary/aromatic N) is 6. The third kappa shape index (κ3) is 6.18. The zero-order chi connectivity index (χ0) is 28.6. The molecule has 1 saturated heterocycles. The molecule has 0 saturated carbocycles. The van der Waals surface area contributed by atoms with Crippen LogP contribution in [-0.4, -0.2) is 88.3 Å². The average molecular weight is 591 g/mol. The number of piperazine rings is 1. The molecule has 0 aliphatic carbocycles. The fraction of sp³-hybridized carbons (Fsp3) is 0.333. The smallest absolute Gasteiger partial charge is 0.348 e. The van der Waals surface area contributed by atoms with Crippen molar-refractivity contribution in [3.05, 3.63) is 69.2 Å². The lowest BCUT2D eigenvalue weighted by Gasteiger charge is -2.35. The van der Waals surface area contributed by atoms with Gasteiger partial charge in [-0.05, 0) is 53.2 Å². The second-order valence-electron chi connectivity index (χ2n) is 9.78. The highest BCUT2D eigenvalue weighted by molar-refractivity contribution is 8.18. The van der Waals surface area contributed by atoms with E-state index in [4.69, 9.17) is 11.6 Å². The van der Waals surface area contributed by atoms with E-state index in [9.17, 15) is 22.8 Å². The number of halogens is 4. The Morgan fingerprint density at radius 1 is 1.12 bits per heavy atom. The van der Waals surface area contributed by atoms with E-state index in [0.29, 0.717) is 48.3 Å². The van der Waals surface area contributed by atoms with Crippen molar-refractivity contribution in [2.45, 2.75) is 12.7 Å². The van der Waals surface area contributed by atoms with Crippen molar-refractivity contribution in [3.63, 3.8) is 0 Å². The summed E-state index contributed by atoms with van der Waals surface area (Å²) >= 11 is 7.12. The van der Waals surface area contributed by atoms with Gasteiger partial charge in [-0.2, -0.15) is 23.3 Å². The molecule has 3 aromatic rings. The van der Waals surface area contributed by atoms with Crippen molar-refractivity contribution in [1.29, 1.82) is 0 Å². The average Bonchev–Trinajstić information content (AvgIpc) is 3.47. The van der Waals surface area contributed by atoms with Crippen LogP contribution in [0.25, 0.3) is 17.0 Å². The molecule has 8 nitrogen and oxygen atoms in total. The lowest BCUT2D eigenvalue weighted by atomic mass is 10.1. The zero-order valence-electron chi connectivity index (χ0n) is 21.8. The number of amides is 2. The fourth-order valence-corrected chi connectivity index (χ4v) is 5.68. The fourth-order valence-electron chi connectivity index (χ4n) is 4.55. The highest BCUT2D eigenvalue weighted by Crippen LogP contribution is 2.35. The Labute approximate surface area is 238 Å². The van der Waals surface area contributed by atoms with Crippen LogP contribution >= 0.6 is 23.4 Å². The molecule has 0 spiro atoms. The third-order valence-corrected chi connectivity index (χ3v) is 8.05. The molecule has 0 N–H and O–H groups in total. The number of carbonyl (C=O) groups is 2. The summed E-state index contributed by atoms with van der Waals surface area (Å²) in [5, 5.41) is 5.69. The maximum absolute atomic E-state index is 13.5. The van der Waals surface area contributed by atoms with Crippen LogP contribution in [0.15, 0.2) is 52.5 Å². The summed E-state index contributed by atoms with van der Waals surface area (Å²) < 4.78 is 42.1. The van der Waals surface area contributed by atoms with Gasteiger partial charge >= 0.3 is 6.18 Å². The van der Waals surface area contributed by atoms with E-state index in [1.54, 1.807) is 43.4 Å². The topological polar surface area (TPSA) is 74.0 Å². The van der Waals surface area contributed by atoms with Crippen LogP contribution in [0, 0.1) is 0 Å². The molecule has 0 unspecified atom stereocenters. The van der Waals surface area contributed by atoms with Gasteiger partial charge in [0.25, 0.3) is 5.91 Å². The summed E-state index contributed by atoms with van der Waals surface area (Å²) in [7, 11) is 3.47. The number of likely N-dealkylation sites (N-methyl/N-ethyl adjacent to an activating group) is 1. The SMILES string of the molecule is CN(C)C(=O)CN1CCN(C2=NC(=O)C(=Cc3ccc4c(cnn4Cc4ccc(Cl)cc4C(F)(F)F)c3)S2)CC1. The molecule has 2 aliphatic heterocycles. The lowest BCUT2D eigenvalue weighted by molar-refractivity contribution is -0.138. The molecule has 5 rings (SSSR count). The van der Waals surface area contributed by atoms with Gasteiger partial charge in [0.2, 0.25) is 5.91 Å². The third-order valence-electron chi connectivity index (χ3n) is 6.77. The molecule has 2 aromatic carbocycles. The Morgan fingerprint density at radius 2 is 1.88 bits per heavy atom. The minimum atomic E-state index is -4.53. The molecule has 2 amide bonds. The number of thioether (sulfide) groups is 1. The number of hydrogen-bond acceptors (Lipinski definition) is 6.